The second-order valence-corrected chi connectivity index (χ2v) is 4.34. The third-order valence-corrected chi connectivity index (χ3v) is 2.86. The van der Waals surface area contributed by atoms with Crippen molar-refractivity contribution in [3.8, 4) is 0 Å². The van der Waals surface area contributed by atoms with E-state index >= 15 is 0 Å². The molecule has 0 aliphatic carbocycles. The van der Waals surface area contributed by atoms with Crippen molar-refractivity contribution in [3.05, 3.63) is 17.8 Å². The minimum absolute atomic E-state index is 0.138. The highest BCUT2D eigenvalue weighted by molar-refractivity contribution is 5.89. The van der Waals surface area contributed by atoms with Crippen molar-refractivity contribution in [1.82, 2.24) is 15.2 Å². The summed E-state index contributed by atoms with van der Waals surface area (Å²) in [6.07, 6.45) is 2.47. The zero-order chi connectivity index (χ0) is 12.8. The van der Waals surface area contributed by atoms with Crippen LogP contribution in [0.1, 0.15) is 22.9 Å². The summed E-state index contributed by atoms with van der Waals surface area (Å²) >= 11 is 0. The molecule has 1 aliphatic rings. The number of aryl methyl sites for hydroxylation is 1. The zero-order valence-corrected chi connectivity index (χ0v) is 10.6. The van der Waals surface area contributed by atoms with Crippen molar-refractivity contribution in [3.63, 3.8) is 0 Å². The highest BCUT2D eigenvalue weighted by atomic mass is 16.5. The lowest BCUT2D eigenvalue weighted by Crippen LogP contribution is -2.38. The second kappa shape index (κ2) is 6.51. The number of amides is 1. The number of aromatic nitrogens is 1. The van der Waals surface area contributed by atoms with Crippen LogP contribution < -0.4 is 5.32 Å². The smallest absolute Gasteiger partial charge is 0.307 e. The molecule has 0 bridgehead atoms. The minimum Gasteiger partial charge on any atom is -0.438 e. The van der Waals surface area contributed by atoms with E-state index in [-0.39, 0.29) is 11.8 Å². The maximum absolute atomic E-state index is 11.6. The molecule has 1 N–H and O–H groups in total. The normalized spacial score (nSPS) is 16.7. The first-order valence-electron chi connectivity index (χ1n) is 6.26. The van der Waals surface area contributed by atoms with Gasteiger partial charge in [-0.1, -0.05) is 0 Å². The fourth-order valence-corrected chi connectivity index (χ4v) is 1.86. The van der Waals surface area contributed by atoms with Gasteiger partial charge in [0.15, 0.2) is 0 Å². The third kappa shape index (κ3) is 3.82. The van der Waals surface area contributed by atoms with Gasteiger partial charge in [0.25, 0.3) is 5.89 Å². The number of morpholine rings is 1. The Morgan fingerprint density at radius 1 is 1.50 bits per heavy atom. The van der Waals surface area contributed by atoms with E-state index in [4.69, 9.17) is 9.15 Å². The number of rotatable bonds is 5. The molecule has 1 amide bonds. The largest absolute Gasteiger partial charge is 0.438 e. The third-order valence-electron chi connectivity index (χ3n) is 2.86. The van der Waals surface area contributed by atoms with Crippen LogP contribution in [0.25, 0.3) is 0 Å². The van der Waals surface area contributed by atoms with E-state index in [0.717, 1.165) is 39.3 Å². The van der Waals surface area contributed by atoms with E-state index in [0.29, 0.717) is 12.3 Å². The molecule has 0 atom stereocenters. The summed E-state index contributed by atoms with van der Waals surface area (Å²) in [5.74, 6) is 0.539. The summed E-state index contributed by atoms with van der Waals surface area (Å²) in [7, 11) is 0. The standard InChI is InChI=1S/C12H19N3O3/c1-10-9-14-12(18-10)11(16)13-3-2-4-15-5-7-17-8-6-15/h9H,2-8H2,1H3,(H,13,16). The number of ether oxygens (including phenoxy) is 1. The fourth-order valence-electron chi connectivity index (χ4n) is 1.86. The molecular weight excluding hydrogens is 234 g/mol. The van der Waals surface area contributed by atoms with E-state index < -0.39 is 0 Å². The highest BCUT2D eigenvalue weighted by Crippen LogP contribution is 2.01. The van der Waals surface area contributed by atoms with Gasteiger partial charge in [-0.2, -0.15) is 0 Å². The molecule has 0 spiro atoms. The fraction of sp³-hybridized carbons (Fsp3) is 0.667. The van der Waals surface area contributed by atoms with Gasteiger partial charge in [-0.05, 0) is 19.9 Å². The van der Waals surface area contributed by atoms with Crippen LogP contribution in [-0.2, 0) is 4.74 Å². The molecule has 0 unspecified atom stereocenters. The molecule has 1 saturated heterocycles. The molecule has 6 heteroatoms. The quantitative estimate of drug-likeness (QED) is 0.771. The molecular formula is C12H19N3O3. The SMILES string of the molecule is Cc1cnc(C(=O)NCCCN2CCOCC2)o1. The van der Waals surface area contributed by atoms with Gasteiger partial charge in [0.05, 0.1) is 19.4 Å². The number of nitrogens with one attached hydrogen (secondary N) is 1. The summed E-state index contributed by atoms with van der Waals surface area (Å²) < 4.78 is 10.4. The van der Waals surface area contributed by atoms with Crippen molar-refractivity contribution >= 4 is 5.91 Å². The average molecular weight is 253 g/mol. The molecule has 1 aromatic heterocycles. The van der Waals surface area contributed by atoms with Crippen LogP contribution in [0.3, 0.4) is 0 Å². The summed E-state index contributed by atoms with van der Waals surface area (Å²) in [5, 5.41) is 2.80. The summed E-state index contributed by atoms with van der Waals surface area (Å²) in [5.41, 5.74) is 0. The van der Waals surface area contributed by atoms with E-state index in [9.17, 15) is 4.79 Å². The van der Waals surface area contributed by atoms with Gasteiger partial charge in [0.1, 0.15) is 5.76 Å². The molecule has 1 fully saturated rings. The number of carbonyl (C=O) groups excluding carboxylic acids is 1. The lowest BCUT2D eigenvalue weighted by Gasteiger charge is -2.26. The molecule has 100 valence electrons. The number of nitrogens with zero attached hydrogens (tertiary/aromatic N) is 2. The van der Waals surface area contributed by atoms with Crippen molar-refractivity contribution in [2.75, 3.05) is 39.4 Å². The molecule has 2 heterocycles. The maximum atomic E-state index is 11.6. The molecule has 18 heavy (non-hydrogen) atoms. The molecule has 2 rings (SSSR count). The van der Waals surface area contributed by atoms with Crippen LogP contribution in [0.5, 0.6) is 0 Å². The predicted molar refractivity (Wildman–Crippen MR) is 65.4 cm³/mol. The van der Waals surface area contributed by atoms with Gasteiger partial charge in [-0.3, -0.25) is 9.69 Å². The second-order valence-electron chi connectivity index (χ2n) is 4.34. The van der Waals surface area contributed by atoms with Gasteiger partial charge in [-0.15, -0.1) is 0 Å². The molecule has 0 saturated carbocycles. The Labute approximate surface area is 106 Å². The molecule has 0 aromatic carbocycles. The van der Waals surface area contributed by atoms with Crippen LogP contribution in [0.15, 0.2) is 10.6 Å². The lowest BCUT2D eigenvalue weighted by atomic mass is 10.3. The van der Waals surface area contributed by atoms with Crippen molar-refractivity contribution in [2.24, 2.45) is 0 Å². The van der Waals surface area contributed by atoms with E-state index in [1.807, 2.05) is 0 Å². The monoisotopic (exact) mass is 253 g/mol. The first-order valence-corrected chi connectivity index (χ1v) is 6.26. The zero-order valence-electron chi connectivity index (χ0n) is 10.6. The van der Waals surface area contributed by atoms with Gasteiger partial charge in [-0.25, -0.2) is 4.98 Å². The van der Waals surface area contributed by atoms with Gasteiger partial charge in [0, 0.05) is 19.6 Å². The lowest BCUT2D eigenvalue weighted by molar-refractivity contribution is 0.0374. The maximum Gasteiger partial charge on any atom is 0.307 e. The van der Waals surface area contributed by atoms with E-state index in [2.05, 4.69) is 15.2 Å². The Morgan fingerprint density at radius 2 is 2.28 bits per heavy atom. The predicted octanol–water partition coefficient (Wildman–Crippen LogP) is 0.435. The molecule has 1 aromatic rings. The minimum atomic E-state index is -0.245. The summed E-state index contributed by atoms with van der Waals surface area (Å²) in [4.78, 5) is 17.8. The Balaban J connectivity index is 1.61. The van der Waals surface area contributed by atoms with Crippen molar-refractivity contribution < 1.29 is 13.9 Å². The van der Waals surface area contributed by atoms with Crippen molar-refractivity contribution in [2.45, 2.75) is 13.3 Å². The van der Waals surface area contributed by atoms with E-state index in [1.54, 1.807) is 13.1 Å². The van der Waals surface area contributed by atoms with Gasteiger partial charge < -0.3 is 14.5 Å². The number of hydrogen-bond acceptors (Lipinski definition) is 5. The molecule has 1 aliphatic heterocycles. The number of hydrogen-bond donors (Lipinski definition) is 1. The molecule has 0 radical (unpaired) electrons. The summed E-state index contributed by atoms with van der Waals surface area (Å²) in [6.45, 7) is 6.96. The van der Waals surface area contributed by atoms with Crippen molar-refractivity contribution in [1.29, 1.82) is 0 Å². The van der Waals surface area contributed by atoms with Gasteiger partial charge in [0.2, 0.25) is 0 Å². The topological polar surface area (TPSA) is 67.6 Å². The number of carbonyl (C=O) groups is 1. The first-order chi connectivity index (χ1) is 8.75. The van der Waals surface area contributed by atoms with Crippen LogP contribution in [0.2, 0.25) is 0 Å². The average Bonchev–Trinajstić information content (AvgIpc) is 2.82. The highest BCUT2D eigenvalue weighted by Gasteiger charge is 2.12. The number of oxazole rings is 1. The Morgan fingerprint density at radius 3 is 2.94 bits per heavy atom. The van der Waals surface area contributed by atoms with Crippen LogP contribution >= 0.6 is 0 Å². The van der Waals surface area contributed by atoms with E-state index in [1.165, 1.54) is 0 Å². The Kier molecular flexibility index (Phi) is 4.72. The first kappa shape index (κ1) is 13.0. The Bertz CT molecular complexity index is 386. The van der Waals surface area contributed by atoms with Crippen LogP contribution in [0, 0.1) is 6.92 Å². The van der Waals surface area contributed by atoms with Crippen LogP contribution in [0.4, 0.5) is 0 Å². The molecule has 6 nitrogen and oxygen atoms in total. The summed E-state index contributed by atoms with van der Waals surface area (Å²) in [6, 6.07) is 0. The Hall–Kier alpha value is -1.40. The van der Waals surface area contributed by atoms with Crippen LogP contribution in [-0.4, -0.2) is 55.2 Å². The van der Waals surface area contributed by atoms with Gasteiger partial charge >= 0.3 is 5.91 Å².